The highest BCUT2D eigenvalue weighted by atomic mass is 16.5. The molecule has 0 fully saturated rings. The maximum atomic E-state index is 11.8. The van der Waals surface area contributed by atoms with Gasteiger partial charge in [0, 0.05) is 11.8 Å². The van der Waals surface area contributed by atoms with Crippen LogP contribution < -0.4 is 20.5 Å². The average Bonchev–Trinajstić information content (AvgIpc) is 2.45. The summed E-state index contributed by atoms with van der Waals surface area (Å²) in [6.45, 7) is 2.03. The topological polar surface area (TPSA) is 93.8 Å². The number of hydrogen-bond acceptors (Lipinski definition) is 5. The number of aliphatic hydroxyl groups excluding tert-OH is 1. The molecule has 1 aromatic rings. The third-order valence-electron chi connectivity index (χ3n) is 2.72. The van der Waals surface area contributed by atoms with Crippen molar-refractivity contribution in [2.24, 2.45) is 5.73 Å². The molecule has 4 N–H and O–H groups in total. The Morgan fingerprint density at radius 3 is 2.80 bits per heavy atom. The largest absolute Gasteiger partial charge is 0.493 e. The van der Waals surface area contributed by atoms with Gasteiger partial charge in [0.25, 0.3) is 0 Å². The van der Waals surface area contributed by atoms with Gasteiger partial charge in [-0.2, -0.15) is 0 Å². The van der Waals surface area contributed by atoms with Gasteiger partial charge in [0.1, 0.15) is 6.61 Å². The molecule has 0 aliphatic rings. The van der Waals surface area contributed by atoms with Gasteiger partial charge in [-0.3, -0.25) is 4.79 Å². The number of carbonyl (C=O) groups is 1. The molecule has 20 heavy (non-hydrogen) atoms. The Balaban J connectivity index is 2.77. The van der Waals surface area contributed by atoms with Crippen molar-refractivity contribution in [3.63, 3.8) is 0 Å². The zero-order valence-electron chi connectivity index (χ0n) is 11.9. The van der Waals surface area contributed by atoms with E-state index in [4.69, 9.17) is 20.3 Å². The van der Waals surface area contributed by atoms with E-state index in [2.05, 4.69) is 5.32 Å². The number of benzene rings is 1. The molecule has 0 aliphatic carbocycles. The van der Waals surface area contributed by atoms with E-state index in [0.29, 0.717) is 23.6 Å². The van der Waals surface area contributed by atoms with Gasteiger partial charge < -0.3 is 25.6 Å². The molecular formula is C14H22N2O4. The standard InChI is InChI=1S/C14H22N2O4/c1-3-4-11(15)14(18)16-10-5-6-12(19-2)13(9-10)20-8-7-17/h5-6,9,11,17H,3-4,7-8,15H2,1-2H3,(H,16,18). The van der Waals surface area contributed by atoms with E-state index in [1.807, 2.05) is 6.92 Å². The summed E-state index contributed by atoms with van der Waals surface area (Å²) in [6.07, 6.45) is 1.48. The zero-order chi connectivity index (χ0) is 15.0. The van der Waals surface area contributed by atoms with Gasteiger partial charge in [-0.1, -0.05) is 13.3 Å². The van der Waals surface area contributed by atoms with Crippen LogP contribution in [0.2, 0.25) is 0 Å². The molecular weight excluding hydrogens is 260 g/mol. The number of nitrogens with two attached hydrogens (primary N) is 1. The number of anilines is 1. The Labute approximate surface area is 118 Å². The third-order valence-corrected chi connectivity index (χ3v) is 2.72. The second kappa shape index (κ2) is 8.39. The number of ether oxygens (including phenoxy) is 2. The molecule has 0 saturated carbocycles. The number of nitrogens with one attached hydrogen (secondary N) is 1. The summed E-state index contributed by atoms with van der Waals surface area (Å²) in [6, 6.07) is 4.52. The summed E-state index contributed by atoms with van der Waals surface area (Å²) in [5.74, 6) is 0.767. The molecule has 1 aromatic carbocycles. The first-order valence-electron chi connectivity index (χ1n) is 6.60. The lowest BCUT2D eigenvalue weighted by molar-refractivity contribution is -0.117. The SMILES string of the molecule is CCCC(N)C(=O)Nc1ccc(OC)c(OCCO)c1. The molecule has 6 nitrogen and oxygen atoms in total. The van der Waals surface area contributed by atoms with E-state index >= 15 is 0 Å². The Bertz CT molecular complexity index is 437. The fourth-order valence-corrected chi connectivity index (χ4v) is 1.70. The molecule has 0 aliphatic heterocycles. The highest BCUT2D eigenvalue weighted by Crippen LogP contribution is 2.30. The van der Waals surface area contributed by atoms with Gasteiger partial charge in [-0.05, 0) is 18.6 Å². The minimum absolute atomic E-state index is 0.0961. The zero-order valence-corrected chi connectivity index (χ0v) is 11.9. The lowest BCUT2D eigenvalue weighted by Crippen LogP contribution is -2.35. The molecule has 112 valence electrons. The minimum atomic E-state index is -0.524. The highest BCUT2D eigenvalue weighted by molar-refractivity contribution is 5.94. The van der Waals surface area contributed by atoms with Crippen molar-refractivity contribution in [2.45, 2.75) is 25.8 Å². The van der Waals surface area contributed by atoms with Crippen molar-refractivity contribution in [3.05, 3.63) is 18.2 Å². The van der Waals surface area contributed by atoms with Crippen molar-refractivity contribution < 1.29 is 19.4 Å². The quantitative estimate of drug-likeness (QED) is 0.664. The smallest absolute Gasteiger partial charge is 0.241 e. The van der Waals surface area contributed by atoms with Crippen LogP contribution in [0.1, 0.15) is 19.8 Å². The van der Waals surface area contributed by atoms with Gasteiger partial charge in [0.15, 0.2) is 11.5 Å². The summed E-state index contributed by atoms with van der Waals surface area (Å²) in [4.78, 5) is 11.8. The van der Waals surface area contributed by atoms with Gasteiger partial charge in [0.05, 0.1) is 19.8 Å². The van der Waals surface area contributed by atoms with Gasteiger partial charge in [-0.15, -0.1) is 0 Å². The summed E-state index contributed by atoms with van der Waals surface area (Å²) in [7, 11) is 1.52. The number of hydrogen-bond donors (Lipinski definition) is 3. The molecule has 1 amide bonds. The Kier molecular flexibility index (Phi) is 6.83. The molecule has 1 rings (SSSR count). The average molecular weight is 282 g/mol. The van der Waals surface area contributed by atoms with Gasteiger partial charge in [-0.25, -0.2) is 0 Å². The second-order valence-electron chi connectivity index (χ2n) is 4.32. The molecule has 1 unspecified atom stereocenters. The first-order valence-corrected chi connectivity index (χ1v) is 6.60. The minimum Gasteiger partial charge on any atom is -0.493 e. The van der Waals surface area contributed by atoms with E-state index in [9.17, 15) is 4.79 Å². The van der Waals surface area contributed by atoms with Crippen molar-refractivity contribution in [2.75, 3.05) is 25.6 Å². The van der Waals surface area contributed by atoms with E-state index in [0.717, 1.165) is 6.42 Å². The predicted octanol–water partition coefficient (Wildman–Crippen LogP) is 1.13. The lowest BCUT2D eigenvalue weighted by Gasteiger charge is -2.14. The first-order chi connectivity index (χ1) is 9.62. The molecule has 0 bridgehead atoms. The third kappa shape index (κ3) is 4.71. The van der Waals surface area contributed by atoms with Crippen LogP contribution in [0.3, 0.4) is 0 Å². The van der Waals surface area contributed by atoms with Crippen LogP contribution >= 0.6 is 0 Å². The Morgan fingerprint density at radius 2 is 2.20 bits per heavy atom. The first kappa shape index (κ1) is 16.3. The molecule has 6 heteroatoms. The molecule has 0 aromatic heterocycles. The van der Waals surface area contributed by atoms with Crippen molar-refractivity contribution >= 4 is 11.6 Å². The van der Waals surface area contributed by atoms with Crippen molar-refractivity contribution in [1.82, 2.24) is 0 Å². The second-order valence-corrected chi connectivity index (χ2v) is 4.32. The summed E-state index contributed by atoms with van der Waals surface area (Å²) in [5.41, 5.74) is 6.33. The van der Waals surface area contributed by atoms with Crippen LogP contribution in [0.15, 0.2) is 18.2 Å². The van der Waals surface area contributed by atoms with E-state index in [1.54, 1.807) is 18.2 Å². The number of aliphatic hydroxyl groups is 1. The van der Waals surface area contributed by atoms with E-state index in [1.165, 1.54) is 7.11 Å². The summed E-state index contributed by atoms with van der Waals surface area (Å²) in [5, 5.41) is 11.5. The molecule has 0 radical (unpaired) electrons. The predicted molar refractivity (Wildman–Crippen MR) is 77.1 cm³/mol. The lowest BCUT2D eigenvalue weighted by atomic mass is 10.1. The molecule has 0 saturated heterocycles. The van der Waals surface area contributed by atoms with Crippen LogP contribution in [-0.2, 0) is 4.79 Å². The normalized spacial score (nSPS) is 11.8. The highest BCUT2D eigenvalue weighted by Gasteiger charge is 2.13. The fourth-order valence-electron chi connectivity index (χ4n) is 1.70. The number of rotatable bonds is 8. The van der Waals surface area contributed by atoms with Crippen LogP contribution in [0.25, 0.3) is 0 Å². The van der Waals surface area contributed by atoms with Crippen LogP contribution in [0, 0.1) is 0 Å². The number of carbonyl (C=O) groups excluding carboxylic acids is 1. The van der Waals surface area contributed by atoms with Crippen molar-refractivity contribution in [1.29, 1.82) is 0 Å². The fraction of sp³-hybridized carbons (Fsp3) is 0.500. The van der Waals surface area contributed by atoms with Crippen LogP contribution in [-0.4, -0.2) is 37.4 Å². The Hall–Kier alpha value is -1.79. The summed E-state index contributed by atoms with van der Waals surface area (Å²) >= 11 is 0. The van der Waals surface area contributed by atoms with Crippen molar-refractivity contribution in [3.8, 4) is 11.5 Å². The molecule has 1 atom stereocenters. The van der Waals surface area contributed by atoms with E-state index < -0.39 is 6.04 Å². The number of amides is 1. The van der Waals surface area contributed by atoms with Crippen LogP contribution in [0.5, 0.6) is 11.5 Å². The Morgan fingerprint density at radius 1 is 1.45 bits per heavy atom. The maximum absolute atomic E-state index is 11.8. The molecule has 0 spiro atoms. The van der Waals surface area contributed by atoms with Gasteiger partial charge in [0.2, 0.25) is 5.91 Å². The number of methoxy groups -OCH3 is 1. The van der Waals surface area contributed by atoms with Gasteiger partial charge >= 0.3 is 0 Å². The maximum Gasteiger partial charge on any atom is 0.241 e. The van der Waals surface area contributed by atoms with E-state index in [-0.39, 0.29) is 19.1 Å². The summed E-state index contributed by atoms with van der Waals surface area (Å²) < 4.78 is 10.5. The van der Waals surface area contributed by atoms with Crippen LogP contribution in [0.4, 0.5) is 5.69 Å². The molecule has 0 heterocycles. The monoisotopic (exact) mass is 282 g/mol.